The van der Waals surface area contributed by atoms with Crippen LogP contribution in [0.25, 0.3) is 10.9 Å². The second-order valence-electron chi connectivity index (χ2n) is 10.9. The topological polar surface area (TPSA) is 79.7 Å². The number of halogens is 1. The molecular weight excluding hydrogens is 503 g/mol. The summed E-state index contributed by atoms with van der Waals surface area (Å²) in [6.07, 6.45) is 4.28. The number of aryl methyl sites for hydroxylation is 2. The zero-order chi connectivity index (χ0) is 27.6. The number of aromatic nitrogens is 5. The third kappa shape index (κ3) is 5.31. The summed E-state index contributed by atoms with van der Waals surface area (Å²) in [7, 11) is 0. The molecule has 1 N–H and O–H groups in total. The molecule has 1 saturated carbocycles. The molecule has 1 fully saturated rings. The van der Waals surface area contributed by atoms with Gasteiger partial charge < -0.3 is 4.98 Å². The first kappa shape index (κ1) is 26.1. The number of tetrazole rings is 1. The number of H-pyrrole nitrogens is 1. The van der Waals surface area contributed by atoms with Crippen LogP contribution < -0.4 is 5.56 Å². The Hall–Kier alpha value is -4.17. The highest BCUT2D eigenvalue weighted by Gasteiger charge is 2.33. The third-order valence-electron chi connectivity index (χ3n) is 7.96. The summed E-state index contributed by atoms with van der Waals surface area (Å²) in [5.74, 6) is 0.372. The van der Waals surface area contributed by atoms with Gasteiger partial charge >= 0.3 is 0 Å². The molecule has 0 aliphatic heterocycles. The van der Waals surface area contributed by atoms with E-state index in [1.165, 1.54) is 12.1 Å². The lowest BCUT2D eigenvalue weighted by Gasteiger charge is -2.32. The lowest BCUT2D eigenvalue weighted by Crippen LogP contribution is -2.35. The van der Waals surface area contributed by atoms with E-state index in [1.807, 2.05) is 41.9 Å². The highest BCUT2D eigenvalue weighted by molar-refractivity contribution is 5.83. The molecule has 3 aromatic carbocycles. The molecule has 2 aromatic heterocycles. The fourth-order valence-electron chi connectivity index (χ4n) is 6.06. The molecule has 1 aliphatic rings. The van der Waals surface area contributed by atoms with Crippen LogP contribution in [0.1, 0.15) is 71.4 Å². The van der Waals surface area contributed by atoms with E-state index in [1.54, 1.807) is 12.1 Å². The van der Waals surface area contributed by atoms with E-state index in [0.717, 1.165) is 58.8 Å². The molecule has 5 aromatic rings. The first-order valence-corrected chi connectivity index (χ1v) is 13.9. The number of hydrogen-bond donors (Lipinski definition) is 1. The van der Waals surface area contributed by atoms with Crippen LogP contribution in [0.15, 0.2) is 77.6 Å². The Morgan fingerprint density at radius 2 is 1.68 bits per heavy atom. The molecule has 1 atom stereocenters. The number of aromatic amines is 1. The summed E-state index contributed by atoms with van der Waals surface area (Å²) >= 11 is 0. The molecular formula is C32H33FN6O. The van der Waals surface area contributed by atoms with Crippen LogP contribution in [0.3, 0.4) is 0 Å². The van der Waals surface area contributed by atoms with E-state index in [4.69, 9.17) is 0 Å². The van der Waals surface area contributed by atoms with Crippen LogP contribution in [-0.4, -0.2) is 30.1 Å². The number of fused-ring (bicyclic) bond motifs is 1. The van der Waals surface area contributed by atoms with Crippen molar-refractivity contribution in [1.82, 2.24) is 30.1 Å². The zero-order valence-corrected chi connectivity index (χ0v) is 22.8. The lowest BCUT2D eigenvalue weighted by atomic mass is 9.98. The van der Waals surface area contributed by atoms with Gasteiger partial charge in [0.25, 0.3) is 5.56 Å². The van der Waals surface area contributed by atoms with Crippen LogP contribution in [0.2, 0.25) is 0 Å². The Balaban J connectivity index is 1.55. The summed E-state index contributed by atoms with van der Waals surface area (Å²) in [6.45, 7) is 5.11. The maximum Gasteiger partial charge on any atom is 0.253 e. The maximum absolute atomic E-state index is 13.9. The summed E-state index contributed by atoms with van der Waals surface area (Å²) in [5, 5.41) is 14.1. The van der Waals surface area contributed by atoms with Crippen molar-refractivity contribution in [2.45, 2.75) is 64.7 Å². The van der Waals surface area contributed by atoms with E-state index in [2.05, 4.69) is 50.5 Å². The Morgan fingerprint density at radius 1 is 0.975 bits per heavy atom. The SMILES string of the molecule is Cc1cc(C)c2cc([C@H](c3nnnn3C3CCCC3)N(Cc3ccccc3)Cc3ccc(F)cc3)c(=O)[nH]c2c1. The molecule has 0 amide bonds. The van der Waals surface area contributed by atoms with Crippen LogP contribution in [0, 0.1) is 19.7 Å². The average molecular weight is 537 g/mol. The molecule has 0 saturated heterocycles. The Bertz CT molecular complexity index is 1670. The number of pyridine rings is 1. The van der Waals surface area contributed by atoms with Crippen molar-refractivity contribution >= 4 is 10.9 Å². The lowest BCUT2D eigenvalue weighted by molar-refractivity contribution is 0.190. The zero-order valence-electron chi connectivity index (χ0n) is 22.8. The van der Waals surface area contributed by atoms with Crippen LogP contribution >= 0.6 is 0 Å². The minimum absolute atomic E-state index is 0.166. The normalized spacial score (nSPS) is 14.8. The van der Waals surface area contributed by atoms with Gasteiger partial charge in [-0.1, -0.05) is 61.4 Å². The smallest absolute Gasteiger partial charge is 0.253 e. The minimum atomic E-state index is -0.533. The van der Waals surface area contributed by atoms with Gasteiger partial charge in [-0.15, -0.1) is 5.10 Å². The van der Waals surface area contributed by atoms with Crippen LogP contribution in [0.5, 0.6) is 0 Å². The van der Waals surface area contributed by atoms with Gasteiger partial charge in [0.2, 0.25) is 0 Å². The van der Waals surface area contributed by atoms with Crippen LogP contribution in [-0.2, 0) is 13.1 Å². The summed E-state index contributed by atoms with van der Waals surface area (Å²) in [6, 6.07) is 22.5. The van der Waals surface area contributed by atoms with E-state index in [-0.39, 0.29) is 17.4 Å². The largest absolute Gasteiger partial charge is 0.322 e. The molecule has 0 spiro atoms. The van der Waals surface area contributed by atoms with E-state index >= 15 is 0 Å². The summed E-state index contributed by atoms with van der Waals surface area (Å²) < 4.78 is 15.8. The van der Waals surface area contributed by atoms with Gasteiger partial charge in [-0.05, 0) is 83.6 Å². The van der Waals surface area contributed by atoms with Crippen molar-refractivity contribution in [2.75, 3.05) is 0 Å². The molecule has 8 heteroatoms. The van der Waals surface area contributed by atoms with Gasteiger partial charge in [-0.3, -0.25) is 9.69 Å². The number of nitrogens with one attached hydrogen (secondary N) is 1. The first-order chi connectivity index (χ1) is 19.5. The van der Waals surface area contributed by atoms with Crippen molar-refractivity contribution in [3.63, 3.8) is 0 Å². The number of hydrogen-bond acceptors (Lipinski definition) is 5. The van der Waals surface area contributed by atoms with Gasteiger partial charge in [0.15, 0.2) is 5.82 Å². The van der Waals surface area contributed by atoms with Gasteiger partial charge in [0.1, 0.15) is 11.9 Å². The summed E-state index contributed by atoms with van der Waals surface area (Å²) in [4.78, 5) is 19.2. The van der Waals surface area contributed by atoms with Crippen molar-refractivity contribution in [3.8, 4) is 0 Å². The maximum atomic E-state index is 13.9. The fourth-order valence-corrected chi connectivity index (χ4v) is 6.06. The number of nitrogens with zero attached hydrogens (tertiary/aromatic N) is 5. The molecule has 1 aliphatic carbocycles. The van der Waals surface area contributed by atoms with Gasteiger partial charge in [-0.25, -0.2) is 9.07 Å². The van der Waals surface area contributed by atoms with Gasteiger partial charge in [0, 0.05) is 29.6 Å². The second-order valence-corrected chi connectivity index (χ2v) is 10.9. The standard InChI is InChI=1S/C32H33FN6O/c1-21-16-22(2)27-18-28(32(40)34-29(27)17-21)30(31-35-36-37-39(31)26-10-6-7-11-26)38(19-23-8-4-3-5-9-23)20-24-12-14-25(33)15-13-24/h3-5,8-9,12-18,26,30H,6-7,10-11,19-20H2,1-2H3,(H,34,40)/t30-/m1/s1. The molecule has 40 heavy (non-hydrogen) atoms. The third-order valence-corrected chi connectivity index (χ3v) is 7.96. The quantitative estimate of drug-likeness (QED) is 0.256. The second kappa shape index (κ2) is 11.1. The van der Waals surface area contributed by atoms with E-state index in [9.17, 15) is 9.18 Å². The highest BCUT2D eigenvalue weighted by atomic mass is 19.1. The number of benzene rings is 3. The van der Waals surface area contributed by atoms with Crippen molar-refractivity contribution in [3.05, 3.63) is 123 Å². The van der Waals surface area contributed by atoms with Crippen LogP contribution in [0.4, 0.5) is 4.39 Å². The van der Waals surface area contributed by atoms with Crippen molar-refractivity contribution in [2.24, 2.45) is 0 Å². The number of rotatable bonds is 8. The molecule has 2 heterocycles. The molecule has 0 radical (unpaired) electrons. The highest BCUT2D eigenvalue weighted by Crippen LogP contribution is 2.35. The van der Waals surface area contributed by atoms with Gasteiger partial charge in [-0.2, -0.15) is 0 Å². The molecule has 6 rings (SSSR count). The van der Waals surface area contributed by atoms with Crippen molar-refractivity contribution < 1.29 is 4.39 Å². The Labute approximate surface area is 232 Å². The van der Waals surface area contributed by atoms with Gasteiger partial charge in [0.05, 0.1) is 6.04 Å². The predicted molar refractivity (Wildman–Crippen MR) is 153 cm³/mol. The molecule has 7 nitrogen and oxygen atoms in total. The average Bonchev–Trinajstić information content (AvgIpc) is 3.64. The fraction of sp³-hybridized carbons (Fsp3) is 0.312. The minimum Gasteiger partial charge on any atom is -0.322 e. The molecule has 0 unspecified atom stereocenters. The Morgan fingerprint density at radius 3 is 2.40 bits per heavy atom. The summed E-state index contributed by atoms with van der Waals surface area (Å²) in [5.41, 5.74) is 5.46. The van der Waals surface area contributed by atoms with E-state index in [0.29, 0.717) is 24.5 Å². The molecule has 0 bridgehead atoms. The predicted octanol–water partition coefficient (Wildman–Crippen LogP) is 6.18. The first-order valence-electron chi connectivity index (χ1n) is 13.9. The monoisotopic (exact) mass is 536 g/mol. The van der Waals surface area contributed by atoms with Crippen molar-refractivity contribution in [1.29, 1.82) is 0 Å². The van der Waals surface area contributed by atoms with E-state index < -0.39 is 6.04 Å². The Kier molecular flexibility index (Phi) is 7.26. The molecule has 204 valence electrons.